The molecule has 0 aromatic heterocycles. The number of hydrogen-bond acceptors (Lipinski definition) is 3. The third kappa shape index (κ3) is 60.8. The lowest BCUT2D eigenvalue weighted by Gasteiger charge is -2.20. The number of hydrogen-bond donors (Lipinski definition) is 3. The van der Waals surface area contributed by atoms with Gasteiger partial charge in [-0.2, -0.15) is 0 Å². The summed E-state index contributed by atoms with van der Waals surface area (Å²) in [6.45, 7) is 4.23. The van der Waals surface area contributed by atoms with Crippen LogP contribution in [-0.2, 0) is 4.79 Å². The molecule has 0 aliphatic carbocycles. The van der Waals surface area contributed by atoms with Crippen LogP contribution in [0.3, 0.4) is 0 Å². The number of nitrogens with one attached hydrogen (secondary N) is 1. The van der Waals surface area contributed by atoms with Crippen LogP contribution in [0.25, 0.3) is 0 Å². The first-order chi connectivity index (χ1) is 36.2. The number of amides is 1. The Morgan fingerprint density at radius 3 is 0.904 bits per heavy atom. The standard InChI is InChI=1S/C69H129NO3/c1-3-5-7-9-11-13-15-17-19-21-23-25-27-28-29-30-31-32-33-34-35-36-37-38-39-40-41-42-43-45-47-49-51-53-55-57-59-61-63-65-69(73)70-67(66-71)68(72)64-62-60-58-56-54-52-50-48-46-44-26-24-22-20-18-16-14-12-10-8-6-4-2/h5,7,11,13,17,19,23,25,62,64,67-68,71-72H,3-4,6,8-10,12,14-16,18,20-22,24,26-61,63,65-66H2,1-2H3,(H,70,73)/b7-5-,13-11-,19-17-,25-23-,64-62+. The van der Waals surface area contributed by atoms with Crippen LogP contribution >= 0.6 is 0 Å². The van der Waals surface area contributed by atoms with E-state index in [0.29, 0.717) is 6.42 Å². The summed E-state index contributed by atoms with van der Waals surface area (Å²) in [5.74, 6) is -0.0569. The molecule has 3 N–H and O–H groups in total. The van der Waals surface area contributed by atoms with Crippen molar-refractivity contribution >= 4 is 5.91 Å². The van der Waals surface area contributed by atoms with Gasteiger partial charge in [-0.25, -0.2) is 0 Å². The molecular weight excluding hydrogens is 891 g/mol. The first-order valence-electron chi connectivity index (χ1n) is 33.0. The zero-order valence-electron chi connectivity index (χ0n) is 49.4. The molecule has 2 atom stereocenters. The van der Waals surface area contributed by atoms with E-state index in [1.54, 1.807) is 6.08 Å². The zero-order valence-corrected chi connectivity index (χ0v) is 49.4. The summed E-state index contributed by atoms with van der Waals surface area (Å²) in [4.78, 5) is 12.5. The molecular formula is C69H129NO3. The highest BCUT2D eigenvalue weighted by Crippen LogP contribution is 2.18. The van der Waals surface area contributed by atoms with Crippen molar-refractivity contribution in [1.29, 1.82) is 0 Å². The van der Waals surface area contributed by atoms with Gasteiger partial charge in [-0.1, -0.05) is 351 Å². The van der Waals surface area contributed by atoms with Crippen LogP contribution < -0.4 is 5.32 Å². The highest BCUT2D eigenvalue weighted by Gasteiger charge is 2.18. The lowest BCUT2D eigenvalue weighted by atomic mass is 10.0. The molecule has 0 heterocycles. The van der Waals surface area contributed by atoms with Crippen molar-refractivity contribution in [3.63, 3.8) is 0 Å². The lowest BCUT2D eigenvalue weighted by molar-refractivity contribution is -0.123. The molecule has 0 bridgehead atoms. The van der Waals surface area contributed by atoms with Crippen LogP contribution in [0, 0.1) is 0 Å². The van der Waals surface area contributed by atoms with Crippen molar-refractivity contribution in [3.8, 4) is 0 Å². The molecule has 0 aromatic rings. The second-order valence-corrected chi connectivity index (χ2v) is 22.5. The number of carbonyl (C=O) groups excluding carboxylic acids is 1. The van der Waals surface area contributed by atoms with E-state index in [1.807, 2.05) is 6.08 Å². The van der Waals surface area contributed by atoms with Gasteiger partial charge in [-0.05, 0) is 57.8 Å². The third-order valence-electron chi connectivity index (χ3n) is 15.3. The maximum absolute atomic E-state index is 12.5. The number of rotatable bonds is 61. The molecule has 2 unspecified atom stereocenters. The quantitative estimate of drug-likeness (QED) is 0.0420. The van der Waals surface area contributed by atoms with Crippen molar-refractivity contribution in [3.05, 3.63) is 60.8 Å². The zero-order chi connectivity index (χ0) is 52.7. The minimum atomic E-state index is -0.839. The molecule has 0 aromatic carbocycles. The van der Waals surface area contributed by atoms with Crippen LogP contribution in [0.4, 0.5) is 0 Å². The maximum atomic E-state index is 12.5. The summed E-state index contributed by atoms with van der Waals surface area (Å²) in [5.41, 5.74) is 0. The first-order valence-corrected chi connectivity index (χ1v) is 33.0. The average Bonchev–Trinajstić information content (AvgIpc) is 3.40. The number of unbranched alkanes of at least 4 members (excludes halogenated alkanes) is 46. The SMILES string of the molecule is CC/C=C\C/C=C\C/C=C\C/C=C\CCCCCCCCCCCCCCCCCCCCCCCCCCCCC(=O)NC(CO)C(O)/C=C/CCCCCCCCCCCCCCCCCCCCCC. The second-order valence-electron chi connectivity index (χ2n) is 22.5. The summed E-state index contributed by atoms with van der Waals surface area (Å²) in [7, 11) is 0. The molecule has 0 spiro atoms. The van der Waals surface area contributed by atoms with Crippen LogP contribution in [0.15, 0.2) is 60.8 Å². The van der Waals surface area contributed by atoms with Gasteiger partial charge >= 0.3 is 0 Å². The van der Waals surface area contributed by atoms with Crippen LogP contribution in [0.5, 0.6) is 0 Å². The van der Waals surface area contributed by atoms with Crippen molar-refractivity contribution < 1.29 is 15.0 Å². The van der Waals surface area contributed by atoms with Gasteiger partial charge in [0.1, 0.15) is 0 Å². The van der Waals surface area contributed by atoms with Gasteiger partial charge in [0.15, 0.2) is 0 Å². The van der Waals surface area contributed by atoms with Gasteiger partial charge in [0, 0.05) is 6.42 Å². The van der Waals surface area contributed by atoms with Crippen LogP contribution in [0.2, 0.25) is 0 Å². The Kier molecular flexibility index (Phi) is 62.7. The summed E-state index contributed by atoms with van der Waals surface area (Å²) < 4.78 is 0. The highest BCUT2D eigenvalue weighted by molar-refractivity contribution is 5.76. The fraction of sp³-hybridized carbons (Fsp3) is 0.841. The predicted octanol–water partition coefficient (Wildman–Crippen LogP) is 22.3. The average molecular weight is 1020 g/mol. The van der Waals surface area contributed by atoms with Gasteiger partial charge < -0.3 is 15.5 Å². The van der Waals surface area contributed by atoms with Crippen molar-refractivity contribution in [2.24, 2.45) is 0 Å². The summed E-state index contributed by atoms with van der Waals surface area (Å²) in [6.07, 6.45) is 91.5. The molecule has 428 valence electrons. The number of aliphatic hydroxyl groups excluding tert-OH is 2. The van der Waals surface area contributed by atoms with Gasteiger partial charge in [0.05, 0.1) is 18.8 Å². The van der Waals surface area contributed by atoms with Crippen molar-refractivity contribution in [1.82, 2.24) is 5.32 Å². The van der Waals surface area contributed by atoms with Gasteiger partial charge in [-0.3, -0.25) is 4.79 Å². The van der Waals surface area contributed by atoms with Gasteiger partial charge in [-0.15, -0.1) is 0 Å². The predicted molar refractivity (Wildman–Crippen MR) is 327 cm³/mol. The van der Waals surface area contributed by atoms with E-state index in [4.69, 9.17) is 0 Å². The Labute approximate surface area is 457 Å². The Morgan fingerprint density at radius 2 is 0.603 bits per heavy atom. The molecule has 0 aliphatic rings. The van der Waals surface area contributed by atoms with E-state index in [9.17, 15) is 15.0 Å². The van der Waals surface area contributed by atoms with Gasteiger partial charge in [0.2, 0.25) is 5.91 Å². The largest absolute Gasteiger partial charge is 0.394 e. The number of carbonyl (C=O) groups is 1. The monoisotopic (exact) mass is 1020 g/mol. The third-order valence-corrected chi connectivity index (χ3v) is 15.3. The Morgan fingerprint density at radius 1 is 0.342 bits per heavy atom. The second kappa shape index (κ2) is 64.4. The Balaban J connectivity index is 3.41. The molecule has 73 heavy (non-hydrogen) atoms. The van der Waals surface area contributed by atoms with E-state index >= 15 is 0 Å². The van der Waals surface area contributed by atoms with E-state index in [1.165, 1.54) is 283 Å². The molecule has 4 nitrogen and oxygen atoms in total. The number of aliphatic hydroxyl groups is 2. The summed E-state index contributed by atoms with van der Waals surface area (Å²) in [5, 5.41) is 23.3. The van der Waals surface area contributed by atoms with Crippen molar-refractivity contribution in [2.75, 3.05) is 6.61 Å². The Hall–Kier alpha value is -1.91. The normalized spacial score (nSPS) is 13.1. The number of allylic oxidation sites excluding steroid dienone is 9. The molecule has 0 aliphatic heterocycles. The molecule has 0 saturated carbocycles. The minimum absolute atomic E-state index is 0.0569. The van der Waals surface area contributed by atoms with E-state index in [0.717, 1.165) is 51.4 Å². The fourth-order valence-corrected chi connectivity index (χ4v) is 10.3. The molecule has 0 saturated heterocycles. The summed E-state index contributed by atoms with van der Waals surface area (Å²) >= 11 is 0. The Bertz CT molecular complexity index is 1200. The maximum Gasteiger partial charge on any atom is 0.220 e. The molecule has 0 fully saturated rings. The van der Waals surface area contributed by atoms with Gasteiger partial charge in [0.25, 0.3) is 0 Å². The summed E-state index contributed by atoms with van der Waals surface area (Å²) in [6, 6.07) is -0.622. The smallest absolute Gasteiger partial charge is 0.220 e. The lowest BCUT2D eigenvalue weighted by Crippen LogP contribution is -2.45. The molecule has 0 rings (SSSR count). The van der Waals surface area contributed by atoms with Crippen LogP contribution in [0.1, 0.15) is 354 Å². The van der Waals surface area contributed by atoms with Crippen LogP contribution in [-0.4, -0.2) is 34.9 Å². The molecule has 4 heteroatoms. The van der Waals surface area contributed by atoms with E-state index < -0.39 is 12.1 Å². The molecule has 1 amide bonds. The molecule has 0 radical (unpaired) electrons. The fourth-order valence-electron chi connectivity index (χ4n) is 10.3. The topological polar surface area (TPSA) is 69.6 Å². The first kappa shape index (κ1) is 71.1. The van der Waals surface area contributed by atoms with Crippen molar-refractivity contribution in [2.45, 2.75) is 366 Å². The van der Waals surface area contributed by atoms with E-state index in [2.05, 4.69) is 67.8 Å². The van der Waals surface area contributed by atoms with E-state index in [-0.39, 0.29) is 12.5 Å². The highest BCUT2D eigenvalue weighted by atomic mass is 16.3. The minimum Gasteiger partial charge on any atom is -0.394 e.